The lowest BCUT2D eigenvalue weighted by atomic mass is 10.3. The molecule has 0 saturated carbocycles. The van der Waals surface area contributed by atoms with E-state index in [1.54, 1.807) is 24.3 Å². The molecule has 0 amide bonds. The summed E-state index contributed by atoms with van der Waals surface area (Å²) in [5.74, 6) is -0.0936. The Morgan fingerprint density at radius 2 is 2.12 bits per heavy atom. The number of hydrogen-bond acceptors (Lipinski definition) is 3. The first-order chi connectivity index (χ1) is 7.86. The predicted octanol–water partition coefficient (Wildman–Crippen LogP) is 2.37. The van der Waals surface area contributed by atoms with Crippen LogP contribution in [0.3, 0.4) is 0 Å². The Balaban J connectivity index is 3.20. The van der Waals surface area contributed by atoms with Crippen LogP contribution in [0.2, 0.25) is 0 Å². The molecule has 7 heteroatoms. The molecule has 0 unspecified atom stereocenters. The maximum absolute atomic E-state index is 11.8. The first-order valence-corrected chi connectivity index (χ1v) is 7.59. The normalized spacial score (nSPS) is 11.2. The predicted molar refractivity (Wildman–Crippen MR) is 71.8 cm³/mol. The van der Waals surface area contributed by atoms with Gasteiger partial charge in [0.1, 0.15) is 6.54 Å². The average Bonchev–Trinajstić information content (AvgIpc) is 2.25. The van der Waals surface area contributed by atoms with Gasteiger partial charge >= 0.3 is 0 Å². The van der Waals surface area contributed by atoms with E-state index in [1.807, 2.05) is 0 Å². The van der Waals surface area contributed by atoms with E-state index in [4.69, 9.17) is 11.6 Å². The summed E-state index contributed by atoms with van der Waals surface area (Å²) in [5, 5.41) is -0.720. The van der Waals surface area contributed by atoms with Gasteiger partial charge < -0.3 is 0 Å². The van der Waals surface area contributed by atoms with Crippen LogP contribution in [0.1, 0.15) is 6.92 Å². The second kappa shape index (κ2) is 5.84. The lowest BCUT2D eigenvalue weighted by Crippen LogP contribution is -2.35. The first kappa shape index (κ1) is 14.5. The van der Waals surface area contributed by atoms with Crippen molar-refractivity contribution in [2.45, 2.75) is 6.92 Å². The molecule has 0 radical (unpaired) electrons. The average molecular weight is 341 g/mol. The zero-order valence-corrected chi connectivity index (χ0v) is 12.2. The third-order valence-corrected chi connectivity index (χ3v) is 4.42. The Kier molecular flexibility index (Phi) is 4.97. The number of rotatable bonds is 5. The monoisotopic (exact) mass is 339 g/mol. The van der Waals surface area contributed by atoms with Crippen molar-refractivity contribution in [1.29, 1.82) is 0 Å². The molecule has 0 saturated heterocycles. The van der Waals surface area contributed by atoms with E-state index in [0.717, 1.165) is 8.78 Å². The zero-order chi connectivity index (χ0) is 13.1. The molecular formula is C10H11BrClNO3S. The largest absolute Gasteiger partial charge is 0.279 e. The van der Waals surface area contributed by atoms with Crippen LogP contribution in [-0.2, 0) is 14.8 Å². The quantitative estimate of drug-likeness (QED) is 0.773. The summed E-state index contributed by atoms with van der Waals surface area (Å²) in [6.07, 6.45) is 0. The summed E-state index contributed by atoms with van der Waals surface area (Å²) in [6, 6.07) is 6.68. The van der Waals surface area contributed by atoms with Gasteiger partial charge in [0.25, 0.3) is 0 Å². The Morgan fingerprint density at radius 1 is 1.47 bits per heavy atom. The van der Waals surface area contributed by atoms with Crippen molar-refractivity contribution in [3.8, 4) is 0 Å². The first-order valence-electron chi connectivity index (χ1n) is 4.81. The number of sulfonamides is 1. The molecule has 0 atom stereocenters. The summed E-state index contributed by atoms with van der Waals surface area (Å²) in [7, 11) is -3.52. The lowest BCUT2D eigenvalue weighted by molar-refractivity contribution is -0.110. The maximum atomic E-state index is 11.8. The molecule has 4 nitrogen and oxygen atoms in total. The van der Waals surface area contributed by atoms with E-state index in [2.05, 4.69) is 15.9 Å². The zero-order valence-electron chi connectivity index (χ0n) is 9.06. The molecule has 0 bridgehead atoms. The van der Waals surface area contributed by atoms with Gasteiger partial charge in [-0.15, -0.1) is 0 Å². The van der Waals surface area contributed by atoms with Crippen LogP contribution in [0.15, 0.2) is 28.7 Å². The van der Waals surface area contributed by atoms with Crippen molar-refractivity contribution in [2.24, 2.45) is 0 Å². The molecule has 1 aromatic rings. The summed E-state index contributed by atoms with van der Waals surface area (Å²) < 4.78 is 25.4. The van der Waals surface area contributed by atoms with E-state index >= 15 is 0 Å². The van der Waals surface area contributed by atoms with Crippen LogP contribution in [0, 0.1) is 0 Å². The molecule has 0 aromatic heterocycles. The van der Waals surface area contributed by atoms with Gasteiger partial charge in [-0.25, -0.2) is 8.42 Å². The minimum atomic E-state index is -3.52. The minimum Gasteiger partial charge on any atom is -0.279 e. The van der Waals surface area contributed by atoms with Crippen LogP contribution < -0.4 is 4.31 Å². The molecule has 0 aliphatic heterocycles. The number of halogens is 2. The molecule has 0 aliphatic rings. The standard InChI is InChI=1S/C10H11BrClNO3S/c1-2-17(15,16)13(7-10(12)14)9-5-3-4-8(11)6-9/h3-6H,2,7H2,1H3. The summed E-state index contributed by atoms with van der Waals surface area (Å²) in [5.41, 5.74) is 0.412. The van der Waals surface area contributed by atoms with Crippen molar-refractivity contribution in [2.75, 3.05) is 16.6 Å². The molecule has 0 aliphatic carbocycles. The molecule has 1 aromatic carbocycles. The highest BCUT2D eigenvalue weighted by Crippen LogP contribution is 2.22. The van der Waals surface area contributed by atoms with Gasteiger partial charge in [0.2, 0.25) is 15.3 Å². The van der Waals surface area contributed by atoms with E-state index in [-0.39, 0.29) is 12.3 Å². The van der Waals surface area contributed by atoms with Crippen LogP contribution >= 0.6 is 27.5 Å². The van der Waals surface area contributed by atoms with E-state index in [0.29, 0.717) is 5.69 Å². The highest BCUT2D eigenvalue weighted by atomic mass is 79.9. The topological polar surface area (TPSA) is 54.5 Å². The maximum Gasteiger partial charge on any atom is 0.242 e. The summed E-state index contributed by atoms with van der Waals surface area (Å²) in [4.78, 5) is 10.9. The minimum absolute atomic E-state index is 0.0936. The SMILES string of the molecule is CCS(=O)(=O)N(CC(=O)Cl)c1cccc(Br)c1. The van der Waals surface area contributed by atoms with E-state index in [9.17, 15) is 13.2 Å². The molecular weight excluding hydrogens is 330 g/mol. The van der Waals surface area contributed by atoms with Gasteiger partial charge in [-0.05, 0) is 36.7 Å². The third kappa shape index (κ3) is 3.97. The highest BCUT2D eigenvalue weighted by molar-refractivity contribution is 9.10. The van der Waals surface area contributed by atoms with Gasteiger partial charge in [-0.3, -0.25) is 9.10 Å². The smallest absolute Gasteiger partial charge is 0.242 e. The van der Waals surface area contributed by atoms with Gasteiger partial charge in [0.15, 0.2) is 0 Å². The number of carbonyl (C=O) groups is 1. The van der Waals surface area contributed by atoms with Crippen LogP contribution in [-0.4, -0.2) is 26.0 Å². The molecule has 94 valence electrons. The van der Waals surface area contributed by atoms with E-state index in [1.165, 1.54) is 6.92 Å². The van der Waals surface area contributed by atoms with Crippen LogP contribution in [0.25, 0.3) is 0 Å². The molecule has 0 fully saturated rings. The van der Waals surface area contributed by atoms with Crippen LogP contribution in [0.4, 0.5) is 5.69 Å². The Bertz CT molecular complexity index is 518. The molecule has 0 N–H and O–H groups in total. The Hall–Kier alpha value is -0.590. The number of nitrogens with zero attached hydrogens (tertiary/aromatic N) is 1. The highest BCUT2D eigenvalue weighted by Gasteiger charge is 2.22. The fraction of sp³-hybridized carbons (Fsp3) is 0.300. The van der Waals surface area contributed by atoms with Crippen molar-refractivity contribution in [3.05, 3.63) is 28.7 Å². The van der Waals surface area contributed by atoms with Gasteiger partial charge in [-0.1, -0.05) is 22.0 Å². The van der Waals surface area contributed by atoms with Crippen molar-refractivity contribution >= 4 is 48.5 Å². The molecule has 0 spiro atoms. The van der Waals surface area contributed by atoms with E-state index < -0.39 is 15.3 Å². The second-order valence-corrected chi connectivity index (χ2v) is 6.76. The third-order valence-electron chi connectivity index (χ3n) is 2.06. The summed E-state index contributed by atoms with van der Waals surface area (Å²) in [6.45, 7) is 1.15. The number of carbonyl (C=O) groups excluding carboxylic acids is 1. The molecule has 1 rings (SSSR count). The summed E-state index contributed by atoms with van der Waals surface area (Å²) >= 11 is 8.51. The molecule has 17 heavy (non-hydrogen) atoms. The van der Waals surface area contributed by atoms with Crippen LogP contribution in [0.5, 0.6) is 0 Å². The lowest BCUT2D eigenvalue weighted by Gasteiger charge is -2.22. The number of anilines is 1. The van der Waals surface area contributed by atoms with Crippen molar-refractivity contribution in [3.63, 3.8) is 0 Å². The van der Waals surface area contributed by atoms with Crippen molar-refractivity contribution in [1.82, 2.24) is 0 Å². The number of hydrogen-bond donors (Lipinski definition) is 0. The number of benzene rings is 1. The fourth-order valence-corrected chi connectivity index (χ4v) is 2.89. The second-order valence-electron chi connectivity index (χ2n) is 3.24. The van der Waals surface area contributed by atoms with Gasteiger partial charge in [0.05, 0.1) is 11.4 Å². The van der Waals surface area contributed by atoms with Crippen molar-refractivity contribution < 1.29 is 13.2 Å². The fourth-order valence-electron chi connectivity index (χ4n) is 1.25. The molecule has 0 heterocycles. The van der Waals surface area contributed by atoms with Gasteiger partial charge in [-0.2, -0.15) is 0 Å². The Morgan fingerprint density at radius 3 is 2.59 bits per heavy atom. The van der Waals surface area contributed by atoms with Gasteiger partial charge in [0, 0.05) is 4.47 Å². The Labute approximate surface area is 114 Å².